The van der Waals surface area contributed by atoms with Crippen LogP contribution in [-0.4, -0.2) is 28.8 Å². The zero-order valence-electron chi connectivity index (χ0n) is 14.7. The van der Waals surface area contributed by atoms with Crippen LogP contribution in [0.4, 0.5) is 5.69 Å². The van der Waals surface area contributed by atoms with E-state index in [1.807, 2.05) is 24.9 Å². The van der Waals surface area contributed by atoms with Crippen LogP contribution < -0.4 is 4.90 Å². The molecule has 136 valence electrons. The molecule has 0 spiro atoms. The SMILES string of the molecule is CN(C)c1ccc(C[C@@H]([C@@H](O)c2ccc(Cl)cc2Cl)n2ccnc2)cc1. The molecule has 0 aliphatic heterocycles. The van der Waals surface area contributed by atoms with Crippen molar-refractivity contribution in [2.75, 3.05) is 19.0 Å². The molecule has 0 bridgehead atoms. The minimum atomic E-state index is -0.789. The van der Waals surface area contributed by atoms with Crippen LogP contribution in [0.1, 0.15) is 23.3 Å². The Morgan fingerprint density at radius 1 is 1.12 bits per heavy atom. The molecule has 0 aliphatic rings. The van der Waals surface area contributed by atoms with Gasteiger partial charge in [-0.15, -0.1) is 0 Å². The van der Waals surface area contributed by atoms with E-state index in [1.54, 1.807) is 30.7 Å². The molecule has 3 aromatic rings. The third kappa shape index (κ3) is 4.21. The maximum Gasteiger partial charge on any atom is 0.101 e. The third-order valence-electron chi connectivity index (χ3n) is 4.45. The van der Waals surface area contributed by atoms with Crippen LogP contribution in [0.2, 0.25) is 10.0 Å². The first kappa shape index (κ1) is 18.8. The summed E-state index contributed by atoms with van der Waals surface area (Å²) in [6.07, 6.45) is 5.13. The molecule has 26 heavy (non-hydrogen) atoms. The summed E-state index contributed by atoms with van der Waals surface area (Å²) in [5, 5.41) is 12.0. The predicted octanol–water partition coefficient (Wildman–Crippen LogP) is 4.77. The molecule has 1 aromatic heterocycles. The minimum Gasteiger partial charge on any atom is -0.386 e. The van der Waals surface area contributed by atoms with Gasteiger partial charge in [-0.1, -0.05) is 41.4 Å². The lowest BCUT2D eigenvalue weighted by Gasteiger charge is -2.26. The summed E-state index contributed by atoms with van der Waals surface area (Å²) in [5.41, 5.74) is 2.91. The van der Waals surface area contributed by atoms with Crippen molar-refractivity contribution in [3.63, 3.8) is 0 Å². The lowest BCUT2D eigenvalue weighted by molar-refractivity contribution is 0.112. The van der Waals surface area contributed by atoms with Crippen LogP contribution >= 0.6 is 23.2 Å². The number of imidazole rings is 1. The summed E-state index contributed by atoms with van der Waals surface area (Å²) in [5.74, 6) is 0. The first-order chi connectivity index (χ1) is 12.5. The average Bonchev–Trinajstić information content (AvgIpc) is 3.14. The molecule has 0 aliphatic carbocycles. The van der Waals surface area contributed by atoms with Crippen molar-refractivity contribution in [2.45, 2.75) is 18.6 Å². The molecule has 6 heteroatoms. The van der Waals surface area contributed by atoms with Crippen molar-refractivity contribution in [1.29, 1.82) is 0 Å². The van der Waals surface area contributed by atoms with Crippen molar-refractivity contribution in [2.24, 2.45) is 0 Å². The molecule has 0 fully saturated rings. The highest BCUT2D eigenvalue weighted by Crippen LogP contribution is 2.35. The second-order valence-electron chi connectivity index (χ2n) is 6.45. The molecule has 0 radical (unpaired) electrons. The quantitative estimate of drug-likeness (QED) is 0.659. The number of hydrogen-bond donors (Lipinski definition) is 1. The van der Waals surface area contributed by atoms with E-state index >= 15 is 0 Å². The van der Waals surface area contributed by atoms with Gasteiger partial charge >= 0.3 is 0 Å². The van der Waals surface area contributed by atoms with Gasteiger partial charge in [0.05, 0.1) is 12.4 Å². The molecule has 0 amide bonds. The summed E-state index contributed by atoms with van der Waals surface area (Å²) in [7, 11) is 4.02. The molecule has 2 aromatic carbocycles. The number of benzene rings is 2. The Hall–Kier alpha value is -2.01. The highest BCUT2D eigenvalue weighted by atomic mass is 35.5. The molecule has 1 heterocycles. The van der Waals surface area contributed by atoms with Crippen molar-refractivity contribution < 1.29 is 5.11 Å². The molecular formula is C20H21Cl2N3O. The zero-order chi connectivity index (χ0) is 18.7. The van der Waals surface area contributed by atoms with E-state index in [-0.39, 0.29) is 6.04 Å². The number of nitrogens with zero attached hydrogens (tertiary/aromatic N) is 3. The van der Waals surface area contributed by atoms with Gasteiger partial charge in [-0.3, -0.25) is 0 Å². The Morgan fingerprint density at radius 2 is 1.85 bits per heavy atom. The second kappa shape index (κ2) is 8.12. The number of rotatable bonds is 6. The molecule has 2 atom stereocenters. The van der Waals surface area contributed by atoms with E-state index in [0.29, 0.717) is 22.0 Å². The van der Waals surface area contributed by atoms with Crippen LogP contribution in [-0.2, 0) is 6.42 Å². The van der Waals surface area contributed by atoms with Crippen molar-refractivity contribution in [1.82, 2.24) is 9.55 Å². The van der Waals surface area contributed by atoms with E-state index in [4.69, 9.17) is 23.2 Å². The number of aliphatic hydroxyl groups excluding tert-OH is 1. The van der Waals surface area contributed by atoms with Gasteiger partial charge in [-0.05, 0) is 36.2 Å². The lowest BCUT2D eigenvalue weighted by Crippen LogP contribution is -2.20. The van der Waals surface area contributed by atoms with Gasteiger partial charge in [0.2, 0.25) is 0 Å². The molecule has 0 saturated carbocycles. The first-order valence-electron chi connectivity index (χ1n) is 8.32. The molecular weight excluding hydrogens is 369 g/mol. The number of aromatic nitrogens is 2. The average molecular weight is 390 g/mol. The van der Waals surface area contributed by atoms with Crippen LogP contribution in [0.25, 0.3) is 0 Å². The summed E-state index contributed by atoms with van der Waals surface area (Å²) < 4.78 is 1.91. The smallest absolute Gasteiger partial charge is 0.101 e. The normalized spacial score (nSPS) is 13.4. The standard InChI is InChI=1S/C20H21Cl2N3O/c1-24(2)16-6-3-14(4-7-16)11-19(25-10-9-23-13-25)20(26)17-8-5-15(21)12-18(17)22/h3-10,12-13,19-20,26H,11H2,1-2H3/t19-,20-/m0/s1. The summed E-state index contributed by atoms with van der Waals surface area (Å²) in [6, 6.07) is 13.2. The van der Waals surface area contributed by atoms with Crippen LogP contribution in [0.5, 0.6) is 0 Å². The van der Waals surface area contributed by atoms with E-state index in [9.17, 15) is 5.11 Å². The van der Waals surface area contributed by atoms with E-state index in [0.717, 1.165) is 11.3 Å². The fraction of sp³-hybridized carbons (Fsp3) is 0.250. The van der Waals surface area contributed by atoms with Crippen molar-refractivity contribution in [3.8, 4) is 0 Å². The molecule has 3 rings (SSSR count). The van der Waals surface area contributed by atoms with Gasteiger partial charge in [0.15, 0.2) is 0 Å². The van der Waals surface area contributed by atoms with E-state index < -0.39 is 6.10 Å². The van der Waals surface area contributed by atoms with Gasteiger partial charge in [-0.25, -0.2) is 4.98 Å². The van der Waals surface area contributed by atoms with Gasteiger partial charge < -0.3 is 14.6 Å². The molecule has 0 unspecified atom stereocenters. The monoisotopic (exact) mass is 389 g/mol. The highest BCUT2D eigenvalue weighted by Gasteiger charge is 2.25. The Morgan fingerprint density at radius 3 is 2.42 bits per heavy atom. The number of anilines is 1. The Balaban J connectivity index is 1.90. The van der Waals surface area contributed by atoms with Crippen molar-refractivity contribution >= 4 is 28.9 Å². The number of aliphatic hydroxyl groups is 1. The molecule has 4 nitrogen and oxygen atoms in total. The Kier molecular flexibility index (Phi) is 5.87. The fourth-order valence-electron chi connectivity index (χ4n) is 2.97. The third-order valence-corrected chi connectivity index (χ3v) is 5.01. The number of halogens is 2. The van der Waals surface area contributed by atoms with Gasteiger partial charge in [0.25, 0.3) is 0 Å². The Bertz CT molecular complexity index is 848. The summed E-state index contributed by atoms with van der Waals surface area (Å²) >= 11 is 12.3. The highest BCUT2D eigenvalue weighted by molar-refractivity contribution is 6.35. The maximum absolute atomic E-state index is 11.0. The maximum atomic E-state index is 11.0. The zero-order valence-corrected chi connectivity index (χ0v) is 16.2. The molecule has 1 N–H and O–H groups in total. The van der Waals surface area contributed by atoms with Gasteiger partial charge in [-0.2, -0.15) is 0 Å². The largest absolute Gasteiger partial charge is 0.386 e. The van der Waals surface area contributed by atoms with E-state index in [2.05, 4.69) is 34.1 Å². The van der Waals surface area contributed by atoms with Crippen LogP contribution in [0, 0.1) is 0 Å². The van der Waals surface area contributed by atoms with Crippen LogP contribution in [0.3, 0.4) is 0 Å². The number of hydrogen-bond acceptors (Lipinski definition) is 3. The van der Waals surface area contributed by atoms with E-state index in [1.165, 1.54) is 0 Å². The molecule has 0 saturated heterocycles. The Labute approximate surface area is 163 Å². The predicted molar refractivity (Wildman–Crippen MR) is 107 cm³/mol. The van der Waals surface area contributed by atoms with Gasteiger partial charge in [0, 0.05) is 47.8 Å². The first-order valence-corrected chi connectivity index (χ1v) is 9.08. The summed E-state index contributed by atoms with van der Waals surface area (Å²) in [6.45, 7) is 0. The lowest BCUT2D eigenvalue weighted by atomic mass is 9.95. The van der Waals surface area contributed by atoms with Crippen LogP contribution in [0.15, 0.2) is 61.2 Å². The van der Waals surface area contributed by atoms with Crippen molar-refractivity contribution in [3.05, 3.63) is 82.4 Å². The second-order valence-corrected chi connectivity index (χ2v) is 7.30. The van der Waals surface area contributed by atoms with Gasteiger partial charge in [0.1, 0.15) is 6.10 Å². The topological polar surface area (TPSA) is 41.3 Å². The fourth-order valence-corrected chi connectivity index (χ4v) is 3.49. The summed E-state index contributed by atoms with van der Waals surface area (Å²) in [4.78, 5) is 6.18. The minimum absolute atomic E-state index is 0.235.